The number of benzene rings is 2. The molecule has 0 aliphatic heterocycles. The molecule has 3 rings (SSSR count). The van der Waals surface area contributed by atoms with E-state index in [1.54, 1.807) is 0 Å². The maximum Gasteiger partial charge on any atom is 2.00 e. The summed E-state index contributed by atoms with van der Waals surface area (Å²) >= 11 is 0. The van der Waals surface area contributed by atoms with Gasteiger partial charge in [0.2, 0.25) is 0 Å². The molecule has 0 bridgehead atoms. The molecule has 3 nitrogen and oxygen atoms in total. The van der Waals surface area contributed by atoms with E-state index in [9.17, 15) is 13.2 Å². The van der Waals surface area contributed by atoms with Gasteiger partial charge >= 0.3 is 44.5 Å². The molecule has 23 heavy (non-hydrogen) atoms. The second kappa shape index (κ2) is 8.47. The Kier molecular flexibility index (Phi) is 8.25. The molecule has 0 unspecified atom stereocenters. The molecular formula is C14H10F3O3Ru2S+3. The first-order chi connectivity index (χ1) is 9.70. The van der Waals surface area contributed by atoms with Crippen molar-refractivity contribution in [1.82, 2.24) is 0 Å². The fraction of sp³-hybridized carbons (Fsp3) is 0.143. The molecule has 0 radical (unpaired) electrons. The molecule has 0 amide bonds. The Morgan fingerprint density at radius 2 is 1.13 bits per heavy atom. The van der Waals surface area contributed by atoms with E-state index in [-0.39, 0.29) is 39.0 Å². The van der Waals surface area contributed by atoms with Gasteiger partial charge in [0.15, 0.2) is 10.1 Å². The van der Waals surface area contributed by atoms with Gasteiger partial charge < -0.3 is 4.55 Å². The van der Waals surface area contributed by atoms with E-state index in [0.717, 1.165) is 6.42 Å². The first kappa shape index (κ1) is 22.4. The topological polar surface area (TPSA) is 57.2 Å². The molecule has 2 aromatic rings. The van der Waals surface area contributed by atoms with Crippen molar-refractivity contribution in [2.24, 2.45) is 0 Å². The maximum absolute atomic E-state index is 10.7. The molecule has 0 fully saturated rings. The fourth-order valence-corrected chi connectivity index (χ4v) is 2.08. The fourth-order valence-electron chi connectivity index (χ4n) is 2.08. The average molecular weight is 517 g/mol. The van der Waals surface area contributed by atoms with Crippen LogP contribution in [0.15, 0.2) is 48.5 Å². The van der Waals surface area contributed by atoms with Gasteiger partial charge in [-0.05, 0) is 28.7 Å². The molecule has 0 saturated carbocycles. The zero-order chi connectivity index (χ0) is 15.7. The zero-order valence-corrected chi connectivity index (χ0v) is 15.6. The van der Waals surface area contributed by atoms with Crippen molar-refractivity contribution in [3.63, 3.8) is 0 Å². The number of fused-ring (bicyclic) bond motifs is 3. The van der Waals surface area contributed by atoms with E-state index in [1.807, 2.05) is 0 Å². The predicted octanol–water partition coefficient (Wildman–Crippen LogP) is 3.30. The van der Waals surface area contributed by atoms with Crippen LogP contribution < -0.4 is 0 Å². The van der Waals surface area contributed by atoms with Gasteiger partial charge in [0.25, 0.3) is 0 Å². The molecule has 0 spiro atoms. The predicted molar refractivity (Wildman–Crippen MR) is 70.4 cm³/mol. The minimum absolute atomic E-state index is 0. The van der Waals surface area contributed by atoms with Gasteiger partial charge in [-0.3, -0.25) is 0 Å². The van der Waals surface area contributed by atoms with Crippen LogP contribution >= 0.6 is 0 Å². The molecule has 0 saturated heterocycles. The van der Waals surface area contributed by atoms with E-state index < -0.39 is 15.6 Å². The first-order valence-corrected chi connectivity index (χ1v) is 7.29. The summed E-state index contributed by atoms with van der Waals surface area (Å²) < 4.78 is 58.9. The number of halogens is 3. The summed E-state index contributed by atoms with van der Waals surface area (Å²) in [5.74, 6) is 0. The summed E-state index contributed by atoms with van der Waals surface area (Å²) in [6.07, 6.45) is 1.10. The number of hydrogen-bond acceptors (Lipinski definition) is 3. The maximum atomic E-state index is 10.7. The van der Waals surface area contributed by atoms with Crippen molar-refractivity contribution in [1.29, 1.82) is 0 Å². The van der Waals surface area contributed by atoms with Crippen LogP contribution in [0.1, 0.15) is 11.1 Å². The molecule has 2 aromatic carbocycles. The van der Waals surface area contributed by atoms with Crippen LogP contribution in [0.25, 0.3) is 11.1 Å². The third-order valence-corrected chi connectivity index (χ3v) is 3.56. The quantitative estimate of drug-likeness (QED) is 0.261. The molecule has 0 atom stereocenters. The molecule has 0 heterocycles. The molecule has 124 valence electrons. The van der Waals surface area contributed by atoms with E-state index in [0.29, 0.717) is 0 Å². The van der Waals surface area contributed by atoms with E-state index in [4.69, 9.17) is 13.0 Å². The van der Waals surface area contributed by atoms with Crippen molar-refractivity contribution < 1.29 is 65.1 Å². The summed E-state index contributed by atoms with van der Waals surface area (Å²) in [6.45, 7) is 0. The summed E-state index contributed by atoms with van der Waals surface area (Å²) in [7, 11) is -6.09. The van der Waals surface area contributed by atoms with Crippen LogP contribution in [-0.4, -0.2) is 18.5 Å². The number of rotatable bonds is 0. The summed E-state index contributed by atoms with van der Waals surface area (Å²) in [6, 6.07) is 17.3. The van der Waals surface area contributed by atoms with Crippen LogP contribution in [0.3, 0.4) is 0 Å². The minimum atomic E-state index is -6.09. The van der Waals surface area contributed by atoms with Crippen LogP contribution in [0.2, 0.25) is 0 Å². The Balaban J connectivity index is 0.000000433. The van der Waals surface area contributed by atoms with E-state index in [1.165, 1.54) is 22.3 Å². The van der Waals surface area contributed by atoms with Crippen LogP contribution in [0, 0.1) is 0 Å². The van der Waals surface area contributed by atoms with Gasteiger partial charge in [-0.1, -0.05) is 48.5 Å². The van der Waals surface area contributed by atoms with Crippen molar-refractivity contribution in [3.05, 3.63) is 59.7 Å². The SMILES string of the molecule is O=S(=O)([O-])C(F)(F)F.[Ru+2].[Ru+2].c1ccc2c(c1)Cc1ccccc1-2. The Bertz CT molecular complexity index is 718. The Labute approximate surface area is 157 Å². The van der Waals surface area contributed by atoms with Crippen molar-refractivity contribution in [2.75, 3.05) is 0 Å². The summed E-state index contributed by atoms with van der Waals surface area (Å²) in [4.78, 5) is 0. The third kappa shape index (κ3) is 5.45. The smallest absolute Gasteiger partial charge is 0.741 e. The van der Waals surface area contributed by atoms with Crippen molar-refractivity contribution >= 4 is 10.1 Å². The van der Waals surface area contributed by atoms with E-state index >= 15 is 0 Å². The number of hydrogen-bond donors (Lipinski definition) is 0. The molecule has 1 aliphatic carbocycles. The minimum Gasteiger partial charge on any atom is -0.741 e. The van der Waals surface area contributed by atoms with Crippen LogP contribution in [0.4, 0.5) is 13.2 Å². The third-order valence-electron chi connectivity index (χ3n) is 2.99. The van der Waals surface area contributed by atoms with Gasteiger partial charge in [0.1, 0.15) is 0 Å². The molecule has 9 heteroatoms. The number of alkyl halides is 3. The van der Waals surface area contributed by atoms with Gasteiger partial charge in [0, 0.05) is 0 Å². The standard InChI is InChI=1S/C13H10.CHF3O3S.2Ru/c1-3-7-12-10(5-1)9-11-6-2-4-8-13(11)12;2-1(3,4)8(5,6)7;;/h1-8H,9H2;(H,5,6,7);;/q;;2*+2/p-1. The molecule has 0 N–H and O–H groups in total. The largest absolute Gasteiger partial charge is 2.00 e. The Morgan fingerprint density at radius 1 is 0.826 bits per heavy atom. The van der Waals surface area contributed by atoms with Gasteiger partial charge in [-0.25, -0.2) is 8.42 Å². The van der Waals surface area contributed by atoms with Crippen LogP contribution in [0.5, 0.6) is 0 Å². The van der Waals surface area contributed by atoms with Gasteiger partial charge in [-0.15, -0.1) is 0 Å². The van der Waals surface area contributed by atoms with Crippen molar-refractivity contribution in [2.45, 2.75) is 11.9 Å². The summed E-state index contributed by atoms with van der Waals surface area (Å²) in [5, 5.41) is 0. The molecular weight excluding hydrogens is 507 g/mol. The molecule has 0 aromatic heterocycles. The zero-order valence-electron chi connectivity index (χ0n) is 11.3. The summed E-state index contributed by atoms with van der Waals surface area (Å²) in [5.41, 5.74) is 0.108. The second-order valence-electron chi connectivity index (χ2n) is 4.39. The normalized spacial score (nSPS) is 11.8. The van der Waals surface area contributed by atoms with Crippen molar-refractivity contribution in [3.8, 4) is 11.1 Å². The Morgan fingerprint density at radius 3 is 1.43 bits per heavy atom. The van der Waals surface area contributed by atoms with Crippen LogP contribution in [-0.2, 0) is 55.5 Å². The first-order valence-electron chi connectivity index (χ1n) is 5.88. The second-order valence-corrected chi connectivity index (χ2v) is 5.76. The van der Waals surface area contributed by atoms with Gasteiger partial charge in [-0.2, -0.15) is 13.2 Å². The average Bonchev–Trinajstić information content (AvgIpc) is 2.75. The van der Waals surface area contributed by atoms with E-state index in [2.05, 4.69) is 48.5 Å². The molecule has 1 aliphatic rings. The monoisotopic (exact) mass is 519 g/mol. The van der Waals surface area contributed by atoms with Gasteiger partial charge in [0.05, 0.1) is 0 Å². The Hall–Kier alpha value is -0.613.